The lowest BCUT2D eigenvalue weighted by atomic mass is 10.0. The van der Waals surface area contributed by atoms with E-state index in [1.54, 1.807) is 0 Å². The summed E-state index contributed by atoms with van der Waals surface area (Å²) in [6, 6.07) is 8.23. The number of imidazole rings is 1. The number of hydrogen-bond donors (Lipinski definition) is 3. The number of amides is 1. The summed E-state index contributed by atoms with van der Waals surface area (Å²) in [6.07, 6.45) is 2.83. The molecule has 1 aliphatic rings. The van der Waals surface area contributed by atoms with Gasteiger partial charge in [0.1, 0.15) is 0 Å². The third-order valence-corrected chi connectivity index (χ3v) is 5.70. The van der Waals surface area contributed by atoms with E-state index < -0.39 is 0 Å². The van der Waals surface area contributed by atoms with Gasteiger partial charge in [0.2, 0.25) is 5.91 Å². The van der Waals surface area contributed by atoms with E-state index in [-0.39, 0.29) is 24.4 Å². The normalized spacial score (nSPS) is 15.5. The average molecular weight is 414 g/mol. The Morgan fingerprint density at radius 2 is 1.93 bits per heavy atom. The van der Waals surface area contributed by atoms with Gasteiger partial charge in [0.05, 0.1) is 23.1 Å². The van der Waals surface area contributed by atoms with E-state index in [4.69, 9.17) is 4.98 Å². The fourth-order valence-corrected chi connectivity index (χ4v) is 3.62. The van der Waals surface area contributed by atoms with Crippen LogP contribution in [0.15, 0.2) is 30.5 Å². The van der Waals surface area contributed by atoms with Gasteiger partial charge >= 0.3 is 0 Å². The molecular formula is C22H28ClN5O. The zero-order valence-electron chi connectivity index (χ0n) is 17.3. The summed E-state index contributed by atoms with van der Waals surface area (Å²) in [5, 5.41) is 9.74. The molecule has 1 fully saturated rings. The molecule has 1 aliphatic heterocycles. The highest BCUT2D eigenvalue weighted by atomic mass is 35.5. The minimum absolute atomic E-state index is 0. The molecule has 0 unspecified atom stereocenters. The van der Waals surface area contributed by atoms with Crippen molar-refractivity contribution in [2.24, 2.45) is 0 Å². The minimum Gasteiger partial charge on any atom is -0.378 e. The van der Waals surface area contributed by atoms with Crippen LogP contribution in [0.25, 0.3) is 5.65 Å². The van der Waals surface area contributed by atoms with Gasteiger partial charge in [0.15, 0.2) is 5.65 Å². The van der Waals surface area contributed by atoms with Crippen molar-refractivity contribution in [3.8, 4) is 0 Å². The molecule has 0 bridgehead atoms. The molecule has 4 rings (SSSR count). The maximum Gasteiger partial charge on any atom is 0.241 e. The van der Waals surface area contributed by atoms with Crippen molar-refractivity contribution >= 4 is 35.3 Å². The third-order valence-electron chi connectivity index (χ3n) is 5.70. The lowest BCUT2D eigenvalue weighted by Crippen LogP contribution is -2.50. The average Bonchev–Trinajstić information content (AvgIpc) is 2.88. The smallest absolute Gasteiger partial charge is 0.241 e. The molecule has 1 aromatic carbocycles. The largest absolute Gasteiger partial charge is 0.378 e. The van der Waals surface area contributed by atoms with Gasteiger partial charge in [-0.05, 0) is 63.4 Å². The number of halogens is 1. The fraction of sp³-hybridized carbons (Fsp3) is 0.364. The van der Waals surface area contributed by atoms with Gasteiger partial charge in [-0.25, -0.2) is 4.98 Å². The second kappa shape index (κ2) is 8.43. The number of pyridine rings is 1. The van der Waals surface area contributed by atoms with Gasteiger partial charge in [0, 0.05) is 18.4 Å². The summed E-state index contributed by atoms with van der Waals surface area (Å²) in [5.74, 6) is 0.0146. The SMILES string of the molecule is Cc1cccc(C)c1CNc1cc(NC(=O)[C@@H]2CCN2)cn2c(C)c(C)nc12.Cl. The van der Waals surface area contributed by atoms with Gasteiger partial charge < -0.3 is 20.4 Å². The number of anilines is 2. The number of nitrogens with one attached hydrogen (secondary N) is 3. The second-order valence-corrected chi connectivity index (χ2v) is 7.63. The minimum atomic E-state index is -0.0904. The Bertz CT molecular complexity index is 1030. The van der Waals surface area contributed by atoms with Crippen LogP contribution in [-0.4, -0.2) is 27.9 Å². The molecule has 0 spiro atoms. The van der Waals surface area contributed by atoms with Crippen LogP contribution in [0, 0.1) is 27.7 Å². The van der Waals surface area contributed by atoms with Crippen LogP contribution in [0.5, 0.6) is 0 Å². The van der Waals surface area contributed by atoms with E-state index >= 15 is 0 Å². The highest BCUT2D eigenvalue weighted by molar-refractivity contribution is 5.96. The summed E-state index contributed by atoms with van der Waals surface area (Å²) in [6.45, 7) is 9.93. The van der Waals surface area contributed by atoms with Crippen molar-refractivity contribution in [2.75, 3.05) is 17.2 Å². The lowest BCUT2D eigenvalue weighted by molar-refractivity contribution is -0.119. The molecule has 154 valence electrons. The van der Waals surface area contributed by atoms with Crippen molar-refractivity contribution < 1.29 is 4.79 Å². The molecule has 3 N–H and O–H groups in total. The lowest BCUT2D eigenvalue weighted by Gasteiger charge is -2.26. The molecule has 1 amide bonds. The standard InChI is InChI=1S/C22H27N5O.ClH/c1-13-6-5-7-14(2)18(13)11-24-20-10-17(26-22(28)19-8-9-23-19)12-27-16(4)15(3)25-21(20)27;/h5-7,10,12,19,23-24H,8-9,11H2,1-4H3,(H,26,28);1H/t19-;/m0./s1. The van der Waals surface area contributed by atoms with Gasteiger partial charge in [-0.15, -0.1) is 12.4 Å². The summed E-state index contributed by atoms with van der Waals surface area (Å²) in [4.78, 5) is 17.1. The maximum absolute atomic E-state index is 12.4. The zero-order valence-corrected chi connectivity index (χ0v) is 18.1. The van der Waals surface area contributed by atoms with Crippen LogP contribution >= 0.6 is 12.4 Å². The number of nitrogens with zero attached hydrogens (tertiary/aromatic N) is 2. The molecule has 0 saturated carbocycles. The summed E-state index contributed by atoms with van der Waals surface area (Å²) >= 11 is 0. The number of hydrogen-bond acceptors (Lipinski definition) is 4. The van der Waals surface area contributed by atoms with E-state index in [2.05, 4.69) is 48.0 Å². The first kappa shape index (κ1) is 21.1. The number of fused-ring (bicyclic) bond motifs is 1. The Hall–Kier alpha value is -2.57. The summed E-state index contributed by atoms with van der Waals surface area (Å²) in [7, 11) is 0. The summed E-state index contributed by atoms with van der Waals surface area (Å²) < 4.78 is 2.05. The third kappa shape index (κ3) is 4.09. The number of carbonyl (C=O) groups excluding carboxylic acids is 1. The Balaban J connectivity index is 0.00000240. The first-order chi connectivity index (χ1) is 13.4. The first-order valence-corrected chi connectivity index (χ1v) is 9.76. The van der Waals surface area contributed by atoms with Gasteiger partial charge in [-0.3, -0.25) is 4.79 Å². The molecule has 1 saturated heterocycles. The molecule has 0 radical (unpaired) electrons. The molecule has 7 heteroatoms. The van der Waals surface area contributed by atoms with E-state index in [0.717, 1.165) is 41.4 Å². The summed E-state index contributed by atoms with van der Waals surface area (Å²) in [5.41, 5.74) is 8.44. The van der Waals surface area contributed by atoms with Gasteiger partial charge in [-0.1, -0.05) is 18.2 Å². The van der Waals surface area contributed by atoms with Crippen LogP contribution in [0.3, 0.4) is 0 Å². The molecule has 3 heterocycles. The quantitative estimate of drug-likeness (QED) is 0.593. The Labute approximate surface area is 177 Å². The van der Waals surface area contributed by atoms with Crippen LogP contribution in [0.4, 0.5) is 11.4 Å². The zero-order chi connectivity index (χ0) is 19.8. The molecular weight excluding hydrogens is 386 g/mol. The number of carbonyl (C=O) groups is 1. The van der Waals surface area contributed by atoms with Crippen molar-refractivity contribution in [1.82, 2.24) is 14.7 Å². The fourth-order valence-electron chi connectivity index (χ4n) is 3.62. The van der Waals surface area contributed by atoms with Crippen molar-refractivity contribution in [2.45, 2.75) is 46.7 Å². The van der Waals surface area contributed by atoms with Gasteiger partial charge in [0.25, 0.3) is 0 Å². The monoisotopic (exact) mass is 413 g/mol. The van der Waals surface area contributed by atoms with Gasteiger partial charge in [-0.2, -0.15) is 0 Å². The predicted molar refractivity (Wildman–Crippen MR) is 120 cm³/mol. The highest BCUT2D eigenvalue weighted by Crippen LogP contribution is 2.26. The van der Waals surface area contributed by atoms with E-state index in [0.29, 0.717) is 6.54 Å². The van der Waals surface area contributed by atoms with E-state index in [1.807, 2.05) is 30.5 Å². The second-order valence-electron chi connectivity index (χ2n) is 7.63. The van der Waals surface area contributed by atoms with Crippen molar-refractivity contribution in [1.29, 1.82) is 0 Å². The molecule has 3 aromatic rings. The van der Waals surface area contributed by atoms with Crippen LogP contribution in [-0.2, 0) is 11.3 Å². The van der Waals surface area contributed by atoms with Crippen molar-refractivity contribution in [3.63, 3.8) is 0 Å². The Morgan fingerprint density at radius 3 is 2.55 bits per heavy atom. The molecule has 0 aliphatic carbocycles. The number of benzene rings is 1. The predicted octanol–water partition coefficient (Wildman–Crippen LogP) is 3.90. The van der Waals surface area contributed by atoms with E-state index in [9.17, 15) is 4.79 Å². The number of rotatable bonds is 5. The maximum atomic E-state index is 12.4. The Morgan fingerprint density at radius 1 is 1.24 bits per heavy atom. The Kier molecular flexibility index (Phi) is 6.15. The molecule has 29 heavy (non-hydrogen) atoms. The number of aromatic nitrogens is 2. The first-order valence-electron chi connectivity index (χ1n) is 9.76. The molecule has 2 aromatic heterocycles. The topological polar surface area (TPSA) is 70.5 Å². The van der Waals surface area contributed by atoms with E-state index in [1.165, 1.54) is 16.7 Å². The van der Waals surface area contributed by atoms with Crippen LogP contribution in [0.1, 0.15) is 34.5 Å². The molecule has 6 nitrogen and oxygen atoms in total. The molecule has 1 atom stereocenters. The van der Waals surface area contributed by atoms with Crippen LogP contribution in [0.2, 0.25) is 0 Å². The number of aryl methyl sites for hydroxylation is 4. The highest BCUT2D eigenvalue weighted by Gasteiger charge is 2.24. The van der Waals surface area contributed by atoms with Crippen LogP contribution < -0.4 is 16.0 Å². The van der Waals surface area contributed by atoms with Crippen molar-refractivity contribution in [3.05, 3.63) is 58.5 Å².